The summed E-state index contributed by atoms with van der Waals surface area (Å²) < 4.78 is 13.1. The van der Waals surface area contributed by atoms with Gasteiger partial charge in [0.25, 0.3) is 5.91 Å². The number of hydrogen-bond donors (Lipinski definition) is 3. The molecule has 11 heteroatoms. The van der Waals surface area contributed by atoms with Crippen molar-refractivity contribution in [3.05, 3.63) is 67.0 Å². The number of pyridine rings is 1. The molecule has 0 saturated heterocycles. The van der Waals surface area contributed by atoms with Crippen LogP contribution in [0.4, 0.5) is 11.6 Å². The summed E-state index contributed by atoms with van der Waals surface area (Å²) in [6, 6.07) is 16.9. The maximum absolute atomic E-state index is 12.0. The first-order chi connectivity index (χ1) is 18.0. The highest BCUT2D eigenvalue weighted by atomic mass is 16.5. The van der Waals surface area contributed by atoms with E-state index in [1.807, 2.05) is 60.9 Å². The fourth-order valence-electron chi connectivity index (χ4n) is 3.84. The Labute approximate surface area is 212 Å². The van der Waals surface area contributed by atoms with Gasteiger partial charge in [0, 0.05) is 28.9 Å². The van der Waals surface area contributed by atoms with Crippen LogP contribution in [-0.4, -0.2) is 55.6 Å². The molecule has 0 fully saturated rings. The number of aromatic amines is 1. The van der Waals surface area contributed by atoms with Crippen LogP contribution in [0.5, 0.6) is 11.5 Å². The number of rotatable bonds is 9. The van der Waals surface area contributed by atoms with E-state index in [9.17, 15) is 4.79 Å². The molecule has 37 heavy (non-hydrogen) atoms. The number of methoxy groups -OCH3 is 1. The maximum atomic E-state index is 12.0. The van der Waals surface area contributed by atoms with Crippen LogP contribution in [0, 0.1) is 0 Å². The van der Waals surface area contributed by atoms with Gasteiger partial charge < -0.3 is 20.1 Å². The van der Waals surface area contributed by atoms with Crippen LogP contribution >= 0.6 is 0 Å². The lowest BCUT2D eigenvalue weighted by Gasteiger charge is -2.14. The minimum absolute atomic E-state index is 0.0303. The van der Waals surface area contributed by atoms with Gasteiger partial charge >= 0.3 is 0 Å². The Bertz CT molecular complexity index is 1530. The molecule has 0 aliphatic heterocycles. The molecule has 3 heterocycles. The summed E-state index contributed by atoms with van der Waals surface area (Å²) in [4.78, 5) is 16.5. The highest BCUT2D eigenvalue weighted by Gasteiger charge is 2.19. The number of hydrogen-bond acceptors (Lipinski definition) is 8. The number of benzene rings is 2. The second-order valence-corrected chi connectivity index (χ2v) is 8.54. The van der Waals surface area contributed by atoms with E-state index in [4.69, 9.17) is 9.47 Å². The summed E-state index contributed by atoms with van der Waals surface area (Å²) in [5.41, 5.74) is 2.49. The Morgan fingerprint density at radius 2 is 1.97 bits per heavy atom. The molecule has 0 unspecified atom stereocenters. The molecule has 11 nitrogen and oxygen atoms in total. The summed E-state index contributed by atoms with van der Waals surface area (Å²) in [6.45, 7) is 3.67. The van der Waals surface area contributed by atoms with Crippen LogP contribution in [0.15, 0.2) is 67.0 Å². The van der Waals surface area contributed by atoms with Crippen molar-refractivity contribution in [3.8, 4) is 28.7 Å². The van der Waals surface area contributed by atoms with Crippen LogP contribution in [0.2, 0.25) is 0 Å². The van der Waals surface area contributed by atoms with Gasteiger partial charge in [0.1, 0.15) is 5.82 Å². The fourth-order valence-corrected chi connectivity index (χ4v) is 3.84. The number of carbonyl (C=O) groups is 1. The number of anilines is 2. The Kier molecular flexibility index (Phi) is 6.66. The summed E-state index contributed by atoms with van der Waals surface area (Å²) >= 11 is 0. The number of nitrogens with zero attached hydrogens (tertiary/aromatic N) is 5. The second kappa shape index (κ2) is 10.4. The molecule has 0 aliphatic rings. The Morgan fingerprint density at radius 3 is 2.76 bits per heavy atom. The van der Waals surface area contributed by atoms with Crippen LogP contribution in [-0.2, 0) is 4.79 Å². The van der Waals surface area contributed by atoms with E-state index in [-0.39, 0.29) is 18.6 Å². The first-order valence-electron chi connectivity index (χ1n) is 11.7. The van der Waals surface area contributed by atoms with Gasteiger partial charge in [-0.1, -0.05) is 6.07 Å². The Hall–Kier alpha value is -4.93. The van der Waals surface area contributed by atoms with E-state index in [1.165, 1.54) is 0 Å². The molecular formula is C26H26N8O3. The third-order valence-electron chi connectivity index (χ3n) is 5.47. The standard InChI is InChI=1S/C26H26N8O3/c1-16(2)29-24(35)15-37-21-10-7-17(13-22(21)36-3)25-32-33-26(34(25)23-6-4-5-11-27-23)30-19-8-9-20-18(12-19)14-28-31-20/h4-14,16H,15H2,1-3H3,(H,28,31)(H,29,35)(H,30,33). The van der Waals surface area contributed by atoms with E-state index in [0.717, 1.165) is 22.2 Å². The van der Waals surface area contributed by atoms with Crippen LogP contribution in [0.25, 0.3) is 28.1 Å². The number of carbonyl (C=O) groups excluding carboxylic acids is 1. The van der Waals surface area contributed by atoms with Crippen molar-refractivity contribution in [3.63, 3.8) is 0 Å². The van der Waals surface area contributed by atoms with Gasteiger partial charge in [-0.15, -0.1) is 10.2 Å². The lowest BCUT2D eigenvalue weighted by atomic mass is 10.2. The maximum Gasteiger partial charge on any atom is 0.258 e. The average Bonchev–Trinajstić information content (AvgIpc) is 3.54. The van der Waals surface area contributed by atoms with Crippen molar-refractivity contribution < 1.29 is 14.3 Å². The zero-order valence-electron chi connectivity index (χ0n) is 20.6. The van der Waals surface area contributed by atoms with Crippen LogP contribution in [0.1, 0.15) is 13.8 Å². The van der Waals surface area contributed by atoms with Crippen molar-refractivity contribution >= 4 is 28.4 Å². The number of H-pyrrole nitrogens is 1. The van der Waals surface area contributed by atoms with Crippen LogP contribution in [0.3, 0.4) is 0 Å². The van der Waals surface area contributed by atoms with E-state index in [2.05, 4.69) is 36.0 Å². The van der Waals surface area contributed by atoms with Crippen molar-refractivity contribution in [2.75, 3.05) is 19.0 Å². The smallest absolute Gasteiger partial charge is 0.258 e. The molecule has 2 aromatic carbocycles. The van der Waals surface area contributed by atoms with Gasteiger partial charge in [0.2, 0.25) is 5.95 Å². The topological polar surface area (TPSA) is 132 Å². The summed E-state index contributed by atoms with van der Waals surface area (Å²) in [6.07, 6.45) is 3.47. The van der Waals surface area contributed by atoms with Gasteiger partial charge in [-0.2, -0.15) is 5.10 Å². The molecule has 0 spiro atoms. The number of amides is 1. The molecule has 0 aliphatic carbocycles. The largest absolute Gasteiger partial charge is 0.493 e. The molecule has 0 radical (unpaired) electrons. The zero-order valence-corrected chi connectivity index (χ0v) is 20.6. The monoisotopic (exact) mass is 498 g/mol. The number of fused-ring (bicyclic) bond motifs is 1. The van der Waals surface area contributed by atoms with E-state index < -0.39 is 0 Å². The van der Waals surface area contributed by atoms with Gasteiger partial charge in [0.15, 0.2) is 23.9 Å². The molecule has 3 N–H and O–H groups in total. The molecule has 188 valence electrons. The quantitative estimate of drug-likeness (QED) is 0.279. The minimum atomic E-state index is -0.208. The third-order valence-corrected chi connectivity index (χ3v) is 5.47. The Morgan fingerprint density at radius 1 is 1.08 bits per heavy atom. The number of ether oxygens (including phenoxy) is 2. The molecule has 5 rings (SSSR count). The van der Waals surface area contributed by atoms with Crippen LogP contribution < -0.4 is 20.1 Å². The first-order valence-corrected chi connectivity index (χ1v) is 11.7. The van der Waals surface area contributed by atoms with Crippen molar-refractivity contribution in [2.24, 2.45) is 0 Å². The van der Waals surface area contributed by atoms with E-state index in [0.29, 0.717) is 29.1 Å². The van der Waals surface area contributed by atoms with Crippen molar-refractivity contribution in [2.45, 2.75) is 19.9 Å². The van der Waals surface area contributed by atoms with E-state index in [1.54, 1.807) is 31.6 Å². The average molecular weight is 499 g/mol. The summed E-state index contributed by atoms with van der Waals surface area (Å²) in [5, 5.41) is 23.0. The van der Waals surface area contributed by atoms with Gasteiger partial charge in [-0.25, -0.2) is 9.55 Å². The lowest BCUT2D eigenvalue weighted by Crippen LogP contribution is -2.34. The molecular weight excluding hydrogens is 472 g/mol. The number of aromatic nitrogens is 6. The number of nitrogens with one attached hydrogen (secondary N) is 3. The molecule has 0 saturated carbocycles. The lowest BCUT2D eigenvalue weighted by molar-refractivity contribution is -0.123. The van der Waals surface area contributed by atoms with E-state index >= 15 is 0 Å². The highest BCUT2D eigenvalue weighted by molar-refractivity contribution is 5.82. The molecule has 0 bridgehead atoms. The molecule has 3 aromatic heterocycles. The summed E-state index contributed by atoms with van der Waals surface area (Å²) in [7, 11) is 1.54. The van der Waals surface area contributed by atoms with Gasteiger partial charge in [0.05, 0.1) is 18.8 Å². The SMILES string of the molecule is COc1cc(-c2nnc(Nc3ccc4[nH]ncc4c3)n2-c2ccccn2)ccc1OCC(=O)NC(C)C. The minimum Gasteiger partial charge on any atom is -0.493 e. The molecule has 5 aromatic rings. The first kappa shape index (κ1) is 23.8. The van der Waals surface area contributed by atoms with Gasteiger partial charge in [-0.3, -0.25) is 9.89 Å². The second-order valence-electron chi connectivity index (χ2n) is 8.54. The normalized spacial score (nSPS) is 11.0. The predicted molar refractivity (Wildman–Crippen MR) is 139 cm³/mol. The zero-order chi connectivity index (χ0) is 25.8. The van der Waals surface area contributed by atoms with Crippen molar-refractivity contribution in [1.29, 1.82) is 0 Å². The predicted octanol–water partition coefficient (Wildman–Crippen LogP) is 3.86. The molecule has 0 atom stereocenters. The Balaban J connectivity index is 1.48. The van der Waals surface area contributed by atoms with Crippen molar-refractivity contribution in [1.82, 2.24) is 35.3 Å². The van der Waals surface area contributed by atoms with Gasteiger partial charge in [-0.05, 0) is 62.4 Å². The third kappa shape index (κ3) is 5.20. The fraction of sp³-hybridized carbons (Fsp3) is 0.192. The highest BCUT2D eigenvalue weighted by Crippen LogP contribution is 2.34. The molecule has 1 amide bonds. The summed E-state index contributed by atoms with van der Waals surface area (Å²) in [5.74, 6) is 2.37.